The van der Waals surface area contributed by atoms with Gasteiger partial charge in [-0.1, -0.05) is 47.8 Å². The lowest BCUT2D eigenvalue weighted by atomic mass is 9.94. The molecule has 110 valence electrons. The molecule has 1 aromatic carbocycles. The van der Waals surface area contributed by atoms with Crippen LogP contribution in [0.15, 0.2) is 35.8 Å². The molecule has 0 saturated heterocycles. The van der Waals surface area contributed by atoms with E-state index in [1.54, 1.807) is 12.1 Å². The van der Waals surface area contributed by atoms with Gasteiger partial charge in [0, 0.05) is 19.0 Å². The molecule has 0 radical (unpaired) electrons. The molecule has 9 heteroatoms. The third-order valence-corrected chi connectivity index (χ3v) is 4.11. The number of halogens is 3. The molecule has 0 aliphatic carbocycles. The second-order valence-electron chi connectivity index (χ2n) is 3.78. The van der Waals surface area contributed by atoms with E-state index < -0.39 is 11.6 Å². The lowest BCUT2D eigenvalue weighted by Crippen LogP contribution is -2.29. The van der Waals surface area contributed by atoms with E-state index in [1.807, 2.05) is 0 Å². The molecule has 6 nitrogen and oxygen atoms in total. The molecule has 0 unspecified atom stereocenters. The molecule has 0 N–H and O–H groups in total. The number of carbonyl (C=O) groups is 4. The number of nitrogens with zero attached hydrogens (tertiary/aromatic N) is 2. The number of rotatable bonds is 7. The van der Waals surface area contributed by atoms with Crippen molar-refractivity contribution in [2.24, 2.45) is 10.2 Å². The van der Waals surface area contributed by atoms with Crippen LogP contribution in [0.4, 0.5) is 0 Å². The average molecular weight is 483 g/mol. The highest BCUT2D eigenvalue weighted by atomic mass is 79.9. The van der Waals surface area contributed by atoms with Crippen molar-refractivity contribution >= 4 is 72.9 Å². The Kier molecular flexibility index (Phi) is 6.69. The first kappa shape index (κ1) is 18.0. The lowest BCUT2D eigenvalue weighted by Gasteiger charge is -2.19. The molecule has 1 aromatic rings. The van der Waals surface area contributed by atoms with Crippen LogP contribution in [0, 0.1) is 0 Å². The highest BCUT2D eigenvalue weighted by Crippen LogP contribution is 2.38. The normalized spacial score (nSPS) is 11.6. The number of benzene rings is 1. The average Bonchev–Trinajstić information content (AvgIpc) is 2.45. The first-order valence-corrected chi connectivity index (χ1v) is 7.72. The molecule has 0 amide bonds. The van der Waals surface area contributed by atoms with Crippen LogP contribution in [0.25, 0.3) is 0 Å². The minimum Gasteiger partial charge on any atom is -0.300 e. The summed E-state index contributed by atoms with van der Waals surface area (Å²) in [5.74, 6) is 0. The molecule has 1 rings (SSSR count). The Labute approximate surface area is 144 Å². The van der Waals surface area contributed by atoms with E-state index in [0.717, 1.165) is 0 Å². The van der Waals surface area contributed by atoms with Gasteiger partial charge in [0.1, 0.15) is 0 Å². The van der Waals surface area contributed by atoms with E-state index in [0.29, 0.717) is 13.4 Å². The zero-order valence-electron chi connectivity index (χ0n) is 10.2. The Balaban J connectivity index is 3.48. The largest absolute Gasteiger partial charge is 0.300 e. The van der Waals surface area contributed by atoms with Crippen LogP contribution >= 0.6 is 47.8 Å². The fraction of sp³-hybridized carbons (Fsp3) is 0.167. The summed E-state index contributed by atoms with van der Waals surface area (Å²) in [4.78, 5) is 44.0. The maximum absolute atomic E-state index is 11.4. The number of aldehydes is 4. The Morgan fingerprint density at radius 3 is 1.81 bits per heavy atom. The Hall–Kier alpha value is -1.06. The van der Waals surface area contributed by atoms with Crippen LogP contribution in [0.5, 0.6) is 0 Å². The SMILES string of the molecule is O=CC(C=O)N=NC(C=O)(C=O)c1c(Br)cc(Br)cc1Br. The Morgan fingerprint density at radius 2 is 1.43 bits per heavy atom. The standard InChI is InChI=1S/C12H7Br3N2O4/c13-7-1-9(14)11(10(15)2-7)12(5-20,6-21)17-16-8(3-18)4-19/h1-6,8H. The molecule has 0 bridgehead atoms. The van der Waals surface area contributed by atoms with Gasteiger partial charge in [0.25, 0.3) is 0 Å². The second kappa shape index (κ2) is 7.81. The van der Waals surface area contributed by atoms with E-state index in [1.165, 1.54) is 0 Å². The van der Waals surface area contributed by atoms with Crippen LogP contribution in [-0.2, 0) is 24.7 Å². The van der Waals surface area contributed by atoms with Gasteiger partial charge in [-0.2, -0.15) is 10.2 Å². The monoisotopic (exact) mass is 480 g/mol. The van der Waals surface area contributed by atoms with Crippen molar-refractivity contribution in [3.05, 3.63) is 31.1 Å². The summed E-state index contributed by atoms with van der Waals surface area (Å²) in [6.45, 7) is 0. The lowest BCUT2D eigenvalue weighted by molar-refractivity contribution is -0.122. The molecule has 0 heterocycles. The molecule has 0 aliphatic heterocycles. The van der Waals surface area contributed by atoms with Gasteiger partial charge in [0.2, 0.25) is 5.54 Å². The number of carbonyl (C=O) groups excluding carboxylic acids is 4. The summed E-state index contributed by atoms with van der Waals surface area (Å²) in [6, 6.07) is 1.88. The highest BCUT2D eigenvalue weighted by Gasteiger charge is 2.36. The van der Waals surface area contributed by atoms with Crippen molar-refractivity contribution in [2.75, 3.05) is 0 Å². The van der Waals surface area contributed by atoms with Crippen molar-refractivity contribution in [2.45, 2.75) is 11.6 Å². The summed E-state index contributed by atoms with van der Waals surface area (Å²) < 4.78 is 1.55. The summed E-state index contributed by atoms with van der Waals surface area (Å²) >= 11 is 9.74. The van der Waals surface area contributed by atoms with Crippen LogP contribution in [0.3, 0.4) is 0 Å². The quantitative estimate of drug-likeness (QED) is 0.339. The molecular formula is C12H7Br3N2O4. The van der Waals surface area contributed by atoms with Gasteiger partial charge in [0.15, 0.2) is 31.2 Å². The highest BCUT2D eigenvalue weighted by molar-refractivity contribution is 9.11. The molecule has 0 fully saturated rings. The summed E-state index contributed by atoms with van der Waals surface area (Å²) in [7, 11) is 0. The summed E-state index contributed by atoms with van der Waals surface area (Å²) in [6.07, 6.45) is 1.08. The van der Waals surface area contributed by atoms with Crippen LogP contribution in [0.1, 0.15) is 5.56 Å². The summed E-state index contributed by atoms with van der Waals surface area (Å²) in [5, 5.41) is 7.04. The minimum absolute atomic E-state index is 0.218. The molecule has 0 aliphatic rings. The third kappa shape index (κ3) is 3.98. The van der Waals surface area contributed by atoms with Crippen molar-refractivity contribution < 1.29 is 19.2 Å². The number of azo groups is 1. The predicted molar refractivity (Wildman–Crippen MR) is 84.1 cm³/mol. The van der Waals surface area contributed by atoms with Gasteiger partial charge in [-0.05, 0) is 12.1 Å². The van der Waals surface area contributed by atoms with Crippen LogP contribution < -0.4 is 0 Å². The molecule has 0 saturated carbocycles. The van der Waals surface area contributed by atoms with E-state index in [2.05, 4.69) is 58.0 Å². The van der Waals surface area contributed by atoms with Crippen LogP contribution in [-0.4, -0.2) is 31.2 Å². The fourth-order valence-corrected chi connectivity index (χ4v) is 4.31. The number of hydrogen-bond acceptors (Lipinski definition) is 6. The fourth-order valence-electron chi connectivity index (χ4n) is 1.42. The van der Waals surface area contributed by atoms with E-state index in [-0.39, 0.29) is 30.7 Å². The minimum atomic E-state index is -1.96. The zero-order valence-corrected chi connectivity index (χ0v) is 15.0. The molecule has 0 spiro atoms. The molecule has 21 heavy (non-hydrogen) atoms. The smallest absolute Gasteiger partial charge is 0.218 e. The van der Waals surface area contributed by atoms with E-state index in [9.17, 15) is 19.2 Å². The van der Waals surface area contributed by atoms with Crippen molar-refractivity contribution in [1.29, 1.82) is 0 Å². The predicted octanol–water partition coefficient (Wildman–Crippen LogP) is 2.79. The van der Waals surface area contributed by atoms with Gasteiger partial charge in [0.05, 0.1) is 0 Å². The maximum Gasteiger partial charge on any atom is 0.218 e. The topological polar surface area (TPSA) is 93.0 Å². The maximum atomic E-state index is 11.4. The first-order valence-electron chi connectivity index (χ1n) is 5.34. The Bertz CT molecular complexity index is 580. The van der Waals surface area contributed by atoms with Gasteiger partial charge in [-0.25, -0.2) is 0 Å². The van der Waals surface area contributed by atoms with Gasteiger partial charge in [-0.3, -0.25) is 9.59 Å². The van der Waals surface area contributed by atoms with Gasteiger partial charge >= 0.3 is 0 Å². The third-order valence-electron chi connectivity index (χ3n) is 2.40. The molecule has 0 aromatic heterocycles. The van der Waals surface area contributed by atoms with Crippen molar-refractivity contribution in [1.82, 2.24) is 0 Å². The van der Waals surface area contributed by atoms with E-state index in [4.69, 9.17) is 0 Å². The first-order chi connectivity index (χ1) is 9.93. The molecule has 0 atom stereocenters. The van der Waals surface area contributed by atoms with Crippen molar-refractivity contribution in [3.63, 3.8) is 0 Å². The summed E-state index contributed by atoms with van der Waals surface area (Å²) in [5.41, 5.74) is -1.74. The van der Waals surface area contributed by atoms with Crippen LogP contribution in [0.2, 0.25) is 0 Å². The second-order valence-corrected chi connectivity index (χ2v) is 6.41. The van der Waals surface area contributed by atoms with Gasteiger partial charge in [-0.15, -0.1) is 0 Å². The van der Waals surface area contributed by atoms with Gasteiger partial charge < -0.3 is 9.59 Å². The van der Waals surface area contributed by atoms with Crippen molar-refractivity contribution in [3.8, 4) is 0 Å². The molecular weight excluding hydrogens is 476 g/mol. The zero-order chi connectivity index (χ0) is 16.0. The van der Waals surface area contributed by atoms with E-state index >= 15 is 0 Å². The number of hydrogen-bond donors (Lipinski definition) is 0. The Morgan fingerprint density at radius 1 is 0.952 bits per heavy atom.